The number of hydrogen-bond donors (Lipinski definition) is 1. The first-order valence-corrected chi connectivity index (χ1v) is 8.17. The number of ether oxygens (including phenoxy) is 1. The van der Waals surface area contributed by atoms with Gasteiger partial charge in [0.25, 0.3) is 0 Å². The molecule has 2 aromatic rings. The van der Waals surface area contributed by atoms with E-state index < -0.39 is 0 Å². The molecule has 3 rings (SSSR count). The van der Waals surface area contributed by atoms with Crippen LogP contribution in [-0.2, 0) is 6.54 Å². The summed E-state index contributed by atoms with van der Waals surface area (Å²) >= 11 is 0. The minimum atomic E-state index is 0.386. The third kappa shape index (κ3) is 4.53. The number of benzene rings is 1. The van der Waals surface area contributed by atoms with E-state index >= 15 is 0 Å². The lowest BCUT2D eigenvalue weighted by molar-refractivity contribution is 0.438. The van der Waals surface area contributed by atoms with E-state index in [-0.39, 0.29) is 0 Å². The highest BCUT2D eigenvalue weighted by Gasteiger charge is 2.11. The number of aromatic nitrogens is 2. The van der Waals surface area contributed by atoms with E-state index in [0.717, 1.165) is 12.3 Å². The molecule has 1 heterocycles. The highest BCUT2D eigenvalue weighted by Crippen LogP contribution is 2.20. The van der Waals surface area contributed by atoms with Gasteiger partial charge in [0.05, 0.1) is 0 Å². The van der Waals surface area contributed by atoms with Gasteiger partial charge in [0.1, 0.15) is 5.75 Å². The molecule has 0 radical (unpaired) electrons. The van der Waals surface area contributed by atoms with Gasteiger partial charge in [-0.25, -0.2) is 9.97 Å². The third-order valence-corrected chi connectivity index (χ3v) is 4.10. The van der Waals surface area contributed by atoms with Crippen molar-refractivity contribution in [3.63, 3.8) is 0 Å². The normalized spacial score (nSPS) is 16.2. The minimum Gasteiger partial charge on any atom is -0.424 e. The molecule has 1 saturated carbocycles. The van der Waals surface area contributed by atoms with Crippen molar-refractivity contribution >= 4 is 0 Å². The topological polar surface area (TPSA) is 47.0 Å². The predicted molar refractivity (Wildman–Crippen MR) is 86.9 cm³/mol. The Hall–Kier alpha value is -1.94. The van der Waals surface area contributed by atoms with E-state index in [9.17, 15) is 0 Å². The molecule has 4 nitrogen and oxygen atoms in total. The fraction of sp³-hybridized carbons (Fsp3) is 0.444. The Morgan fingerprint density at radius 2 is 1.77 bits per heavy atom. The van der Waals surface area contributed by atoms with Crippen LogP contribution in [-0.4, -0.2) is 16.0 Å². The second-order valence-electron chi connectivity index (χ2n) is 5.85. The fourth-order valence-corrected chi connectivity index (χ4v) is 2.91. The van der Waals surface area contributed by atoms with Gasteiger partial charge in [-0.05, 0) is 36.6 Å². The molecule has 1 aliphatic carbocycles. The summed E-state index contributed by atoms with van der Waals surface area (Å²) < 4.78 is 5.68. The summed E-state index contributed by atoms with van der Waals surface area (Å²) in [5.74, 6) is 0.784. The van der Waals surface area contributed by atoms with E-state index in [2.05, 4.69) is 27.4 Å². The van der Waals surface area contributed by atoms with Crippen LogP contribution in [0.15, 0.2) is 42.7 Å². The van der Waals surface area contributed by atoms with E-state index in [0.29, 0.717) is 12.1 Å². The predicted octanol–water partition coefficient (Wildman–Crippen LogP) is 4.08. The number of nitrogens with zero attached hydrogens (tertiary/aromatic N) is 2. The zero-order valence-electron chi connectivity index (χ0n) is 12.9. The fourth-order valence-electron chi connectivity index (χ4n) is 2.91. The standard InChI is InChI=1S/C18H23N3O/c1-2-4-9-16(8-3-1)21-14-15-7-5-10-17(13-15)22-18-19-11-6-12-20-18/h5-7,10-13,16,21H,1-4,8-9,14H2. The van der Waals surface area contributed by atoms with Crippen molar-refractivity contribution < 1.29 is 4.74 Å². The Bertz CT molecular complexity index is 566. The van der Waals surface area contributed by atoms with E-state index in [1.807, 2.05) is 12.1 Å². The van der Waals surface area contributed by atoms with E-state index in [4.69, 9.17) is 4.74 Å². The first-order valence-electron chi connectivity index (χ1n) is 8.17. The van der Waals surface area contributed by atoms with Gasteiger partial charge < -0.3 is 10.1 Å². The van der Waals surface area contributed by atoms with Crippen molar-refractivity contribution in [3.05, 3.63) is 48.3 Å². The monoisotopic (exact) mass is 297 g/mol. The second kappa shape index (κ2) is 7.90. The quantitative estimate of drug-likeness (QED) is 0.845. The molecule has 4 heteroatoms. The van der Waals surface area contributed by atoms with Gasteiger partial charge in [-0.1, -0.05) is 37.8 Å². The molecule has 0 spiro atoms. The van der Waals surface area contributed by atoms with Crippen molar-refractivity contribution in [2.75, 3.05) is 0 Å². The van der Waals surface area contributed by atoms with Crippen LogP contribution < -0.4 is 10.1 Å². The molecule has 1 aromatic carbocycles. The van der Waals surface area contributed by atoms with Crippen molar-refractivity contribution in [2.24, 2.45) is 0 Å². The van der Waals surface area contributed by atoms with Gasteiger partial charge in [-0.3, -0.25) is 0 Å². The minimum absolute atomic E-state index is 0.386. The Morgan fingerprint density at radius 3 is 2.55 bits per heavy atom. The second-order valence-corrected chi connectivity index (χ2v) is 5.85. The summed E-state index contributed by atoms with van der Waals surface area (Å²) in [7, 11) is 0. The molecular formula is C18H23N3O. The molecule has 116 valence electrons. The molecule has 0 saturated heterocycles. The molecular weight excluding hydrogens is 274 g/mol. The molecule has 0 amide bonds. The van der Waals surface area contributed by atoms with Crippen LogP contribution in [0.5, 0.6) is 11.8 Å². The van der Waals surface area contributed by atoms with Gasteiger partial charge in [0, 0.05) is 25.0 Å². The van der Waals surface area contributed by atoms with Gasteiger partial charge in [0.15, 0.2) is 0 Å². The first-order chi connectivity index (χ1) is 10.9. The molecule has 22 heavy (non-hydrogen) atoms. The first kappa shape index (κ1) is 15.0. The molecule has 0 atom stereocenters. The molecule has 1 aliphatic rings. The molecule has 1 aromatic heterocycles. The Labute approximate surface area is 132 Å². The number of rotatable bonds is 5. The molecule has 0 aliphatic heterocycles. The summed E-state index contributed by atoms with van der Waals surface area (Å²) in [6, 6.07) is 11.0. The van der Waals surface area contributed by atoms with Gasteiger partial charge >= 0.3 is 6.01 Å². The zero-order chi connectivity index (χ0) is 15.0. The van der Waals surface area contributed by atoms with Crippen molar-refractivity contribution in [1.82, 2.24) is 15.3 Å². The van der Waals surface area contributed by atoms with Crippen molar-refractivity contribution in [1.29, 1.82) is 0 Å². The maximum Gasteiger partial charge on any atom is 0.321 e. The molecule has 1 fully saturated rings. The lowest BCUT2D eigenvalue weighted by Gasteiger charge is -2.16. The van der Waals surface area contributed by atoms with Crippen molar-refractivity contribution in [2.45, 2.75) is 51.1 Å². The summed E-state index contributed by atoms with van der Waals surface area (Å²) in [6.07, 6.45) is 11.4. The largest absolute Gasteiger partial charge is 0.424 e. The maximum absolute atomic E-state index is 5.68. The lowest BCUT2D eigenvalue weighted by Crippen LogP contribution is -2.27. The highest BCUT2D eigenvalue weighted by molar-refractivity contribution is 5.30. The smallest absolute Gasteiger partial charge is 0.321 e. The third-order valence-electron chi connectivity index (χ3n) is 4.10. The van der Waals surface area contributed by atoms with Gasteiger partial charge in [-0.15, -0.1) is 0 Å². The Morgan fingerprint density at radius 1 is 1.00 bits per heavy atom. The van der Waals surface area contributed by atoms with Crippen LogP contribution in [0.1, 0.15) is 44.1 Å². The average Bonchev–Trinajstić information content (AvgIpc) is 2.83. The van der Waals surface area contributed by atoms with Crippen LogP contribution in [0, 0.1) is 0 Å². The number of nitrogens with one attached hydrogen (secondary N) is 1. The summed E-state index contributed by atoms with van der Waals surface area (Å²) in [5, 5.41) is 3.68. The molecule has 1 N–H and O–H groups in total. The molecule has 0 unspecified atom stereocenters. The van der Waals surface area contributed by atoms with Gasteiger partial charge in [-0.2, -0.15) is 0 Å². The van der Waals surface area contributed by atoms with Gasteiger partial charge in [0.2, 0.25) is 0 Å². The zero-order valence-corrected chi connectivity index (χ0v) is 12.9. The van der Waals surface area contributed by atoms with Crippen LogP contribution in [0.2, 0.25) is 0 Å². The van der Waals surface area contributed by atoms with Crippen molar-refractivity contribution in [3.8, 4) is 11.8 Å². The maximum atomic E-state index is 5.68. The lowest BCUT2D eigenvalue weighted by atomic mass is 10.1. The average molecular weight is 297 g/mol. The highest BCUT2D eigenvalue weighted by atomic mass is 16.5. The van der Waals surface area contributed by atoms with Crippen LogP contribution in [0.3, 0.4) is 0 Å². The molecule has 0 bridgehead atoms. The van der Waals surface area contributed by atoms with Crippen LogP contribution in [0.25, 0.3) is 0 Å². The SMILES string of the molecule is c1cnc(Oc2cccc(CNC3CCCCCC3)c2)nc1. The Balaban J connectivity index is 1.56. The van der Waals surface area contributed by atoms with Crippen LogP contribution in [0.4, 0.5) is 0 Å². The summed E-state index contributed by atoms with van der Waals surface area (Å²) in [5.41, 5.74) is 1.23. The summed E-state index contributed by atoms with van der Waals surface area (Å²) in [6.45, 7) is 0.886. The van der Waals surface area contributed by atoms with Crippen LogP contribution >= 0.6 is 0 Å². The summed E-state index contributed by atoms with van der Waals surface area (Å²) in [4.78, 5) is 8.17. The van der Waals surface area contributed by atoms with E-state index in [1.165, 1.54) is 44.1 Å². The van der Waals surface area contributed by atoms with E-state index in [1.54, 1.807) is 18.5 Å². The Kier molecular flexibility index (Phi) is 5.37. The number of hydrogen-bond acceptors (Lipinski definition) is 4.